The van der Waals surface area contributed by atoms with Gasteiger partial charge in [0.2, 0.25) is 0 Å². The topological polar surface area (TPSA) is 60.2 Å². The van der Waals surface area contributed by atoms with Crippen molar-refractivity contribution in [3.05, 3.63) is 23.8 Å². The average Bonchev–Trinajstić information content (AvgIpc) is 2.43. The van der Waals surface area contributed by atoms with Gasteiger partial charge in [-0.2, -0.15) is 0 Å². The number of aromatic hydroxyl groups is 1. The minimum atomic E-state index is -0.426. The first-order valence-electron chi connectivity index (χ1n) is 6.50. The average molecular weight is 268 g/mol. The molecule has 0 aliphatic carbocycles. The predicted molar refractivity (Wildman–Crippen MR) is 71.9 cm³/mol. The molecule has 0 saturated heterocycles. The van der Waals surface area contributed by atoms with Crippen LogP contribution in [0.4, 0.5) is 0 Å². The lowest BCUT2D eigenvalue weighted by atomic mass is 10.2. The summed E-state index contributed by atoms with van der Waals surface area (Å²) < 4.78 is 10.1. The van der Waals surface area contributed by atoms with Gasteiger partial charge >= 0.3 is 5.97 Å². The van der Waals surface area contributed by atoms with Crippen LogP contribution < -0.4 is 9.64 Å². The molecule has 0 spiro atoms. The molecule has 0 aliphatic heterocycles. The Morgan fingerprint density at radius 1 is 1.32 bits per heavy atom. The zero-order valence-electron chi connectivity index (χ0n) is 11.7. The van der Waals surface area contributed by atoms with E-state index in [4.69, 9.17) is 9.47 Å². The number of phenolic OH excluding ortho intramolecular Hbond substituents is 1. The molecule has 2 N–H and O–H groups in total. The van der Waals surface area contributed by atoms with Crippen molar-refractivity contribution in [2.75, 3.05) is 33.4 Å². The fourth-order valence-electron chi connectivity index (χ4n) is 1.79. The van der Waals surface area contributed by atoms with Crippen LogP contribution in [-0.2, 0) is 4.74 Å². The molecule has 106 valence electrons. The van der Waals surface area contributed by atoms with Crippen molar-refractivity contribution in [2.24, 2.45) is 0 Å². The van der Waals surface area contributed by atoms with Gasteiger partial charge < -0.3 is 19.5 Å². The van der Waals surface area contributed by atoms with E-state index < -0.39 is 5.97 Å². The molecule has 5 nitrogen and oxygen atoms in total. The monoisotopic (exact) mass is 268 g/mol. The zero-order valence-corrected chi connectivity index (χ0v) is 11.7. The lowest BCUT2D eigenvalue weighted by Crippen LogP contribution is -3.11. The smallest absolute Gasteiger partial charge is 0.338 e. The number of rotatable bonds is 7. The summed E-state index contributed by atoms with van der Waals surface area (Å²) in [6.45, 7) is 7.39. The fourth-order valence-corrected chi connectivity index (χ4v) is 1.79. The van der Waals surface area contributed by atoms with Gasteiger partial charge in [-0.1, -0.05) is 0 Å². The van der Waals surface area contributed by atoms with Crippen molar-refractivity contribution in [2.45, 2.75) is 13.8 Å². The van der Waals surface area contributed by atoms with Gasteiger partial charge in [0.05, 0.1) is 25.8 Å². The van der Waals surface area contributed by atoms with Gasteiger partial charge in [0, 0.05) is 0 Å². The molecule has 1 aromatic carbocycles. The molecule has 1 rings (SSSR count). The summed E-state index contributed by atoms with van der Waals surface area (Å²) in [7, 11) is 1.46. The number of carbonyl (C=O) groups is 1. The fraction of sp³-hybridized carbons (Fsp3) is 0.500. The molecule has 5 heteroatoms. The van der Waals surface area contributed by atoms with E-state index in [-0.39, 0.29) is 5.75 Å². The number of nitrogens with one attached hydrogen (secondary N) is 1. The normalized spacial score (nSPS) is 10.5. The third-order valence-electron chi connectivity index (χ3n) is 3.10. The molecular formula is C14H22NO4+. The molecule has 19 heavy (non-hydrogen) atoms. The SMILES string of the molecule is CC[NH+](CC)CCOC(=O)c1ccc(OC)c(O)c1. The Bertz CT molecular complexity index is 416. The number of likely N-dealkylation sites (N-methyl/N-ethyl adjacent to an activating group) is 1. The number of methoxy groups -OCH3 is 1. The third-order valence-corrected chi connectivity index (χ3v) is 3.10. The van der Waals surface area contributed by atoms with Crippen LogP contribution in [0, 0.1) is 0 Å². The van der Waals surface area contributed by atoms with Crippen molar-refractivity contribution in [1.29, 1.82) is 0 Å². The maximum atomic E-state index is 11.8. The molecule has 0 radical (unpaired) electrons. The van der Waals surface area contributed by atoms with E-state index in [2.05, 4.69) is 13.8 Å². The number of carbonyl (C=O) groups excluding carboxylic acids is 1. The Labute approximate surface area is 113 Å². The minimum absolute atomic E-state index is 0.0636. The highest BCUT2D eigenvalue weighted by atomic mass is 16.5. The third kappa shape index (κ3) is 4.44. The molecule has 0 bridgehead atoms. The van der Waals surface area contributed by atoms with E-state index in [1.165, 1.54) is 18.1 Å². The number of hydrogen-bond acceptors (Lipinski definition) is 4. The molecule has 0 aromatic heterocycles. The Morgan fingerprint density at radius 3 is 2.53 bits per heavy atom. The van der Waals surface area contributed by atoms with Crippen LogP contribution in [0.25, 0.3) is 0 Å². The number of esters is 1. The zero-order chi connectivity index (χ0) is 14.3. The van der Waals surface area contributed by atoms with Crippen LogP contribution >= 0.6 is 0 Å². The van der Waals surface area contributed by atoms with Gasteiger partial charge in [-0.25, -0.2) is 4.79 Å². The van der Waals surface area contributed by atoms with Crippen LogP contribution in [0.5, 0.6) is 11.5 Å². The lowest BCUT2D eigenvalue weighted by molar-refractivity contribution is -0.896. The first-order valence-corrected chi connectivity index (χ1v) is 6.50. The number of phenols is 1. The first kappa shape index (κ1) is 15.3. The highest BCUT2D eigenvalue weighted by Gasteiger charge is 2.12. The summed E-state index contributed by atoms with van der Waals surface area (Å²) in [6.07, 6.45) is 0. The van der Waals surface area contributed by atoms with E-state index in [0.29, 0.717) is 17.9 Å². The second-order valence-corrected chi connectivity index (χ2v) is 4.23. The Kier molecular flexibility index (Phi) is 6.15. The summed E-state index contributed by atoms with van der Waals surface area (Å²) in [5.74, 6) is -0.153. The maximum Gasteiger partial charge on any atom is 0.338 e. The number of hydrogen-bond donors (Lipinski definition) is 2. The number of quaternary nitrogens is 1. The van der Waals surface area contributed by atoms with Crippen molar-refractivity contribution in [3.8, 4) is 11.5 Å². The van der Waals surface area contributed by atoms with E-state index in [9.17, 15) is 9.90 Å². The lowest BCUT2D eigenvalue weighted by Gasteiger charge is -2.15. The summed E-state index contributed by atoms with van der Waals surface area (Å²) in [6, 6.07) is 4.47. The van der Waals surface area contributed by atoms with Gasteiger partial charge in [0.25, 0.3) is 0 Å². The molecule has 0 unspecified atom stereocenters. The molecule has 0 amide bonds. The largest absolute Gasteiger partial charge is 0.504 e. The van der Waals surface area contributed by atoms with E-state index in [0.717, 1.165) is 19.6 Å². The van der Waals surface area contributed by atoms with E-state index >= 15 is 0 Å². The van der Waals surface area contributed by atoms with Crippen molar-refractivity contribution >= 4 is 5.97 Å². The van der Waals surface area contributed by atoms with Gasteiger partial charge in [0.1, 0.15) is 13.2 Å². The summed E-state index contributed by atoms with van der Waals surface area (Å²) in [4.78, 5) is 13.2. The van der Waals surface area contributed by atoms with Crippen molar-refractivity contribution in [1.82, 2.24) is 0 Å². The Hall–Kier alpha value is -1.75. The summed E-state index contributed by atoms with van der Waals surface area (Å²) in [5, 5.41) is 9.59. The Morgan fingerprint density at radius 2 is 2.00 bits per heavy atom. The standard InChI is InChI=1S/C14H21NO4/c1-4-15(5-2)8-9-19-14(17)11-6-7-13(18-3)12(16)10-11/h6-7,10,16H,4-5,8-9H2,1-3H3/p+1. The van der Waals surface area contributed by atoms with Crippen LogP contribution in [0.1, 0.15) is 24.2 Å². The highest BCUT2D eigenvalue weighted by Crippen LogP contribution is 2.26. The van der Waals surface area contributed by atoms with Crippen LogP contribution in [-0.4, -0.2) is 44.4 Å². The molecule has 0 saturated carbocycles. The van der Waals surface area contributed by atoms with E-state index in [1.807, 2.05) is 0 Å². The van der Waals surface area contributed by atoms with E-state index in [1.54, 1.807) is 12.1 Å². The molecule has 1 aromatic rings. The van der Waals surface area contributed by atoms with Gasteiger partial charge in [-0.3, -0.25) is 0 Å². The molecule has 0 atom stereocenters. The van der Waals surface area contributed by atoms with Crippen molar-refractivity contribution in [3.63, 3.8) is 0 Å². The molecule has 0 fully saturated rings. The van der Waals surface area contributed by atoms with Gasteiger partial charge in [-0.15, -0.1) is 0 Å². The highest BCUT2D eigenvalue weighted by molar-refractivity contribution is 5.90. The summed E-state index contributed by atoms with van der Waals surface area (Å²) in [5.41, 5.74) is 0.327. The molecular weight excluding hydrogens is 246 g/mol. The number of benzene rings is 1. The first-order chi connectivity index (χ1) is 9.12. The predicted octanol–water partition coefficient (Wildman–Crippen LogP) is 0.482. The molecule has 0 aliphatic rings. The summed E-state index contributed by atoms with van der Waals surface area (Å²) >= 11 is 0. The van der Waals surface area contributed by atoms with Crippen LogP contribution in [0.3, 0.4) is 0 Å². The minimum Gasteiger partial charge on any atom is -0.504 e. The second-order valence-electron chi connectivity index (χ2n) is 4.23. The van der Waals surface area contributed by atoms with Crippen LogP contribution in [0.2, 0.25) is 0 Å². The second kappa shape index (κ2) is 7.63. The maximum absolute atomic E-state index is 11.8. The van der Waals surface area contributed by atoms with Gasteiger partial charge in [0.15, 0.2) is 11.5 Å². The Balaban J connectivity index is 2.52. The van der Waals surface area contributed by atoms with Crippen LogP contribution in [0.15, 0.2) is 18.2 Å². The van der Waals surface area contributed by atoms with Gasteiger partial charge in [-0.05, 0) is 32.0 Å². The number of ether oxygens (including phenoxy) is 2. The molecule has 0 heterocycles. The quantitative estimate of drug-likeness (QED) is 0.706. The van der Waals surface area contributed by atoms with Crippen molar-refractivity contribution < 1.29 is 24.3 Å².